The van der Waals surface area contributed by atoms with Crippen LogP contribution < -0.4 is 0 Å². The lowest BCUT2D eigenvalue weighted by Gasteiger charge is -2.09. The van der Waals surface area contributed by atoms with Crippen molar-refractivity contribution in [3.05, 3.63) is 0 Å². The van der Waals surface area contributed by atoms with E-state index >= 15 is 0 Å². The molecule has 0 N–H and O–H groups in total. The van der Waals surface area contributed by atoms with Crippen molar-refractivity contribution < 1.29 is 23.5 Å². The van der Waals surface area contributed by atoms with Gasteiger partial charge in [-0.05, 0) is 0 Å². The van der Waals surface area contributed by atoms with Crippen molar-refractivity contribution in [2.45, 2.75) is 12.1 Å². The topological polar surface area (TPSA) is 52.6 Å². The summed E-state index contributed by atoms with van der Waals surface area (Å²) in [5.74, 6) is -2.33. The molecule has 1 saturated heterocycles. The van der Waals surface area contributed by atoms with Gasteiger partial charge in [0.2, 0.25) is 0 Å². The third-order valence-electron chi connectivity index (χ3n) is 1.51. The summed E-state index contributed by atoms with van der Waals surface area (Å²) < 4.78 is 21.5. The number of hydrogen-bond donors (Lipinski definition) is 0. The lowest BCUT2D eigenvalue weighted by atomic mass is 10.1. The summed E-state index contributed by atoms with van der Waals surface area (Å²) in [5.41, 5.74) is -2.56. The maximum absolute atomic E-state index is 13.2. The molecule has 4 nitrogen and oxygen atoms in total. The van der Waals surface area contributed by atoms with Crippen LogP contribution in [-0.4, -0.2) is 31.3 Å². The van der Waals surface area contributed by atoms with E-state index in [1.54, 1.807) is 0 Å². The highest BCUT2D eigenvalue weighted by Crippen LogP contribution is 2.25. The van der Waals surface area contributed by atoms with Crippen molar-refractivity contribution in [1.82, 2.24) is 0 Å². The van der Waals surface area contributed by atoms with E-state index in [4.69, 9.17) is 0 Å². The van der Waals surface area contributed by atoms with Crippen molar-refractivity contribution in [2.75, 3.05) is 13.7 Å². The molecule has 0 radical (unpaired) electrons. The van der Waals surface area contributed by atoms with Gasteiger partial charge in [0.05, 0.1) is 13.7 Å². The first-order chi connectivity index (χ1) is 5.11. The first-order valence-electron chi connectivity index (χ1n) is 3.06. The molecule has 1 heterocycles. The molecule has 1 atom stereocenters. The zero-order chi connectivity index (χ0) is 8.48. The molecule has 0 aromatic rings. The first-order valence-corrected chi connectivity index (χ1v) is 3.06. The summed E-state index contributed by atoms with van der Waals surface area (Å²) in [6.07, 6.45) is -0.251. The van der Waals surface area contributed by atoms with Gasteiger partial charge in [0.1, 0.15) is 0 Å². The number of rotatable bonds is 1. The SMILES string of the molecule is COC(=O)C1(F)CCOC1=O. The molecule has 0 spiro atoms. The predicted octanol–water partition coefficient (Wildman–Crippen LogP) is -0.185. The molecular formula is C6H7FO4. The second kappa shape index (κ2) is 2.48. The summed E-state index contributed by atoms with van der Waals surface area (Å²) in [7, 11) is 1.02. The monoisotopic (exact) mass is 162 g/mol. The molecule has 0 amide bonds. The number of methoxy groups -OCH3 is 1. The van der Waals surface area contributed by atoms with Crippen LogP contribution in [-0.2, 0) is 19.1 Å². The minimum atomic E-state index is -2.56. The van der Waals surface area contributed by atoms with Crippen molar-refractivity contribution in [1.29, 1.82) is 0 Å². The maximum atomic E-state index is 13.2. The fourth-order valence-corrected chi connectivity index (χ4v) is 0.848. The average molecular weight is 162 g/mol. The predicted molar refractivity (Wildman–Crippen MR) is 31.4 cm³/mol. The first kappa shape index (κ1) is 7.97. The molecule has 0 aliphatic carbocycles. The minimum Gasteiger partial charge on any atom is -0.466 e. The Balaban J connectivity index is 2.80. The van der Waals surface area contributed by atoms with Gasteiger partial charge in [0, 0.05) is 6.42 Å². The fourth-order valence-electron chi connectivity index (χ4n) is 0.848. The van der Waals surface area contributed by atoms with E-state index < -0.39 is 17.6 Å². The molecule has 0 aromatic carbocycles. The Hall–Kier alpha value is -1.13. The van der Waals surface area contributed by atoms with Gasteiger partial charge < -0.3 is 9.47 Å². The van der Waals surface area contributed by atoms with Crippen molar-refractivity contribution in [3.8, 4) is 0 Å². The van der Waals surface area contributed by atoms with Crippen molar-refractivity contribution >= 4 is 11.9 Å². The Kier molecular flexibility index (Phi) is 1.80. The zero-order valence-corrected chi connectivity index (χ0v) is 5.93. The number of carbonyl (C=O) groups excluding carboxylic acids is 2. The number of ether oxygens (including phenoxy) is 2. The Labute approximate surface area is 62.3 Å². The molecule has 0 saturated carbocycles. The Bertz CT molecular complexity index is 203. The van der Waals surface area contributed by atoms with Gasteiger partial charge in [0.25, 0.3) is 0 Å². The van der Waals surface area contributed by atoms with Crippen LogP contribution in [0.4, 0.5) is 4.39 Å². The number of cyclic esters (lactones) is 1. The van der Waals surface area contributed by atoms with Crippen molar-refractivity contribution in [2.24, 2.45) is 0 Å². The largest absolute Gasteiger partial charge is 0.466 e. The Morgan fingerprint density at radius 3 is 2.82 bits per heavy atom. The molecule has 1 aliphatic heterocycles. The van der Waals surface area contributed by atoms with E-state index in [0.29, 0.717) is 0 Å². The van der Waals surface area contributed by atoms with Gasteiger partial charge >= 0.3 is 17.6 Å². The van der Waals surface area contributed by atoms with Gasteiger partial charge in [-0.2, -0.15) is 0 Å². The van der Waals surface area contributed by atoms with Crippen LogP contribution in [0.1, 0.15) is 6.42 Å². The second-order valence-corrected chi connectivity index (χ2v) is 2.18. The van der Waals surface area contributed by atoms with Crippen LogP contribution in [0.2, 0.25) is 0 Å². The molecule has 0 aromatic heterocycles. The molecule has 1 rings (SSSR count). The Morgan fingerprint density at radius 1 is 1.82 bits per heavy atom. The summed E-state index contributed by atoms with van der Waals surface area (Å²) in [4.78, 5) is 21.2. The van der Waals surface area contributed by atoms with E-state index in [-0.39, 0.29) is 13.0 Å². The third kappa shape index (κ3) is 1.06. The number of halogens is 1. The van der Waals surface area contributed by atoms with E-state index in [0.717, 1.165) is 7.11 Å². The Morgan fingerprint density at radius 2 is 2.45 bits per heavy atom. The number of carbonyl (C=O) groups is 2. The van der Waals surface area contributed by atoms with E-state index in [1.807, 2.05) is 0 Å². The number of esters is 2. The van der Waals surface area contributed by atoms with Crippen molar-refractivity contribution in [3.63, 3.8) is 0 Å². The lowest BCUT2D eigenvalue weighted by molar-refractivity contribution is -0.164. The second-order valence-electron chi connectivity index (χ2n) is 2.18. The van der Waals surface area contributed by atoms with Crippen LogP contribution >= 0.6 is 0 Å². The highest BCUT2D eigenvalue weighted by atomic mass is 19.1. The van der Waals surface area contributed by atoms with Crippen LogP contribution in [0.5, 0.6) is 0 Å². The molecule has 62 valence electrons. The molecule has 0 bridgehead atoms. The molecule has 1 aliphatic rings. The highest BCUT2D eigenvalue weighted by Gasteiger charge is 2.53. The normalized spacial score (nSPS) is 29.8. The molecule has 1 fully saturated rings. The van der Waals surface area contributed by atoms with E-state index in [1.165, 1.54) is 0 Å². The van der Waals surface area contributed by atoms with E-state index in [9.17, 15) is 14.0 Å². The van der Waals surface area contributed by atoms with Crippen LogP contribution in [0.15, 0.2) is 0 Å². The van der Waals surface area contributed by atoms with Gasteiger partial charge in [-0.3, -0.25) is 0 Å². The van der Waals surface area contributed by atoms with Gasteiger partial charge in [-0.25, -0.2) is 14.0 Å². The summed E-state index contributed by atoms with van der Waals surface area (Å²) >= 11 is 0. The standard InChI is InChI=1S/C6H7FO4/c1-10-4(8)6(7)2-3-11-5(6)9/h2-3H2,1H3. The molecule has 5 heteroatoms. The van der Waals surface area contributed by atoms with E-state index in [2.05, 4.69) is 9.47 Å². The summed E-state index contributed by atoms with van der Waals surface area (Å²) in [5, 5.41) is 0. The zero-order valence-electron chi connectivity index (χ0n) is 5.93. The number of hydrogen-bond acceptors (Lipinski definition) is 4. The highest BCUT2D eigenvalue weighted by molar-refractivity contribution is 6.04. The lowest BCUT2D eigenvalue weighted by Crippen LogP contribution is -2.39. The van der Waals surface area contributed by atoms with Gasteiger partial charge in [0.15, 0.2) is 0 Å². The average Bonchev–Trinajstić information content (AvgIpc) is 2.32. The summed E-state index contributed by atoms with van der Waals surface area (Å²) in [6.45, 7) is -0.0650. The number of alkyl halides is 1. The molecule has 11 heavy (non-hydrogen) atoms. The minimum absolute atomic E-state index is 0.0650. The van der Waals surface area contributed by atoms with Crippen LogP contribution in [0.25, 0.3) is 0 Å². The maximum Gasteiger partial charge on any atom is 0.355 e. The summed E-state index contributed by atoms with van der Waals surface area (Å²) in [6, 6.07) is 0. The third-order valence-corrected chi connectivity index (χ3v) is 1.51. The molecule has 1 unspecified atom stereocenters. The van der Waals surface area contributed by atoms with Crippen LogP contribution in [0, 0.1) is 0 Å². The quantitative estimate of drug-likeness (QED) is 0.396. The smallest absolute Gasteiger partial charge is 0.355 e. The van der Waals surface area contributed by atoms with Gasteiger partial charge in [-0.15, -0.1) is 0 Å². The van der Waals surface area contributed by atoms with Gasteiger partial charge in [-0.1, -0.05) is 0 Å². The fraction of sp³-hybridized carbons (Fsp3) is 0.667. The van der Waals surface area contributed by atoms with Crippen LogP contribution in [0.3, 0.4) is 0 Å². The molecular weight excluding hydrogens is 155 g/mol.